The fourth-order valence-electron chi connectivity index (χ4n) is 1.82. The zero-order valence-corrected chi connectivity index (χ0v) is 12.3. The molecule has 104 valence electrons. The SMILES string of the molecule is COc1ccc(CNc2nc(C)ccc2C(N)=S)cc1. The third-order valence-electron chi connectivity index (χ3n) is 2.92. The maximum atomic E-state index is 5.71. The summed E-state index contributed by atoms with van der Waals surface area (Å²) in [7, 11) is 1.65. The van der Waals surface area contributed by atoms with E-state index in [1.54, 1.807) is 7.11 Å². The van der Waals surface area contributed by atoms with Gasteiger partial charge < -0.3 is 15.8 Å². The van der Waals surface area contributed by atoms with Gasteiger partial charge in [0.1, 0.15) is 16.6 Å². The van der Waals surface area contributed by atoms with Crippen LogP contribution in [0.15, 0.2) is 36.4 Å². The lowest BCUT2D eigenvalue weighted by atomic mass is 10.2. The van der Waals surface area contributed by atoms with Crippen LogP contribution in [-0.4, -0.2) is 17.1 Å². The van der Waals surface area contributed by atoms with Gasteiger partial charge in [0.25, 0.3) is 0 Å². The van der Waals surface area contributed by atoms with Crippen LogP contribution >= 0.6 is 12.2 Å². The number of nitrogens with zero attached hydrogens (tertiary/aromatic N) is 1. The lowest BCUT2D eigenvalue weighted by Crippen LogP contribution is -2.14. The second-order valence-corrected chi connectivity index (χ2v) is 4.85. The van der Waals surface area contributed by atoms with Crippen molar-refractivity contribution < 1.29 is 4.74 Å². The number of nitrogens with one attached hydrogen (secondary N) is 1. The van der Waals surface area contributed by atoms with Crippen molar-refractivity contribution in [3.8, 4) is 5.75 Å². The maximum Gasteiger partial charge on any atom is 0.136 e. The number of hydrogen-bond donors (Lipinski definition) is 2. The van der Waals surface area contributed by atoms with Crippen molar-refractivity contribution in [2.75, 3.05) is 12.4 Å². The predicted molar refractivity (Wildman–Crippen MR) is 85.2 cm³/mol. The zero-order valence-electron chi connectivity index (χ0n) is 11.5. The minimum absolute atomic E-state index is 0.342. The number of methoxy groups -OCH3 is 1. The number of benzene rings is 1. The van der Waals surface area contributed by atoms with E-state index in [0.29, 0.717) is 17.4 Å². The molecule has 20 heavy (non-hydrogen) atoms. The predicted octanol–water partition coefficient (Wildman–Crippen LogP) is 2.64. The molecular formula is C15H17N3OS. The van der Waals surface area contributed by atoms with E-state index in [1.165, 1.54) is 0 Å². The van der Waals surface area contributed by atoms with Crippen molar-refractivity contribution in [3.05, 3.63) is 53.2 Å². The van der Waals surface area contributed by atoms with Crippen LogP contribution in [0.3, 0.4) is 0 Å². The Morgan fingerprint density at radius 2 is 1.95 bits per heavy atom. The summed E-state index contributed by atoms with van der Waals surface area (Å²) in [6.07, 6.45) is 0. The number of hydrogen-bond acceptors (Lipinski definition) is 4. The quantitative estimate of drug-likeness (QED) is 0.828. The molecule has 3 N–H and O–H groups in total. The Morgan fingerprint density at radius 1 is 1.25 bits per heavy atom. The highest BCUT2D eigenvalue weighted by Crippen LogP contribution is 2.16. The van der Waals surface area contributed by atoms with E-state index in [2.05, 4.69) is 10.3 Å². The Bertz CT molecular complexity index is 611. The normalized spacial score (nSPS) is 10.1. The van der Waals surface area contributed by atoms with Crippen LogP contribution in [0.5, 0.6) is 5.75 Å². The van der Waals surface area contributed by atoms with Gasteiger partial charge in [0.2, 0.25) is 0 Å². The van der Waals surface area contributed by atoms with E-state index >= 15 is 0 Å². The van der Waals surface area contributed by atoms with Crippen LogP contribution in [0.2, 0.25) is 0 Å². The van der Waals surface area contributed by atoms with Crippen LogP contribution < -0.4 is 15.8 Å². The molecule has 0 spiro atoms. The lowest BCUT2D eigenvalue weighted by Gasteiger charge is -2.11. The van der Waals surface area contributed by atoms with Crippen molar-refractivity contribution in [1.29, 1.82) is 0 Å². The monoisotopic (exact) mass is 287 g/mol. The Hall–Kier alpha value is -2.14. The fraction of sp³-hybridized carbons (Fsp3) is 0.200. The van der Waals surface area contributed by atoms with Crippen LogP contribution in [-0.2, 0) is 6.54 Å². The van der Waals surface area contributed by atoms with Gasteiger partial charge in [-0.2, -0.15) is 0 Å². The molecule has 1 heterocycles. The number of pyridine rings is 1. The molecule has 0 aliphatic rings. The highest BCUT2D eigenvalue weighted by Gasteiger charge is 2.07. The van der Waals surface area contributed by atoms with E-state index in [4.69, 9.17) is 22.7 Å². The van der Waals surface area contributed by atoms with E-state index in [9.17, 15) is 0 Å². The number of aromatic nitrogens is 1. The summed E-state index contributed by atoms with van der Waals surface area (Å²) in [6, 6.07) is 11.6. The van der Waals surface area contributed by atoms with Gasteiger partial charge in [-0.05, 0) is 36.8 Å². The summed E-state index contributed by atoms with van der Waals surface area (Å²) in [6.45, 7) is 2.58. The van der Waals surface area contributed by atoms with Gasteiger partial charge in [0.15, 0.2) is 0 Å². The van der Waals surface area contributed by atoms with Crippen molar-refractivity contribution in [2.45, 2.75) is 13.5 Å². The first-order valence-electron chi connectivity index (χ1n) is 6.24. The number of aryl methyl sites for hydroxylation is 1. The molecule has 5 heteroatoms. The number of nitrogens with two attached hydrogens (primary N) is 1. The summed E-state index contributed by atoms with van der Waals surface area (Å²) in [5, 5.41) is 3.27. The number of rotatable bonds is 5. The highest BCUT2D eigenvalue weighted by molar-refractivity contribution is 7.80. The summed E-state index contributed by atoms with van der Waals surface area (Å²) in [5.41, 5.74) is 8.52. The molecular weight excluding hydrogens is 270 g/mol. The van der Waals surface area contributed by atoms with Gasteiger partial charge in [0.05, 0.1) is 12.7 Å². The maximum absolute atomic E-state index is 5.71. The first-order valence-corrected chi connectivity index (χ1v) is 6.65. The van der Waals surface area contributed by atoms with Gasteiger partial charge in [-0.1, -0.05) is 24.4 Å². The second kappa shape index (κ2) is 6.34. The Labute approximate surface area is 124 Å². The molecule has 0 amide bonds. The van der Waals surface area contributed by atoms with E-state index in [1.807, 2.05) is 43.3 Å². The van der Waals surface area contributed by atoms with Gasteiger partial charge >= 0.3 is 0 Å². The van der Waals surface area contributed by atoms with Crippen molar-refractivity contribution >= 4 is 23.0 Å². The topological polar surface area (TPSA) is 60.2 Å². The van der Waals surface area contributed by atoms with Crippen molar-refractivity contribution in [2.24, 2.45) is 5.73 Å². The number of anilines is 1. The molecule has 0 bridgehead atoms. The van der Waals surface area contributed by atoms with E-state index < -0.39 is 0 Å². The van der Waals surface area contributed by atoms with E-state index in [-0.39, 0.29) is 0 Å². The first-order chi connectivity index (χ1) is 9.60. The first kappa shape index (κ1) is 14.3. The largest absolute Gasteiger partial charge is 0.497 e. The second-order valence-electron chi connectivity index (χ2n) is 4.41. The molecule has 0 unspecified atom stereocenters. The minimum Gasteiger partial charge on any atom is -0.497 e. The molecule has 0 radical (unpaired) electrons. The van der Waals surface area contributed by atoms with Gasteiger partial charge in [0, 0.05) is 12.2 Å². The summed E-state index contributed by atoms with van der Waals surface area (Å²) >= 11 is 5.04. The molecule has 0 saturated heterocycles. The lowest BCUT2D eigenvalue weighted by molar-refractivity contribution is 0.414. The minimum atomic E-state index is 0.342. The molecule has 0 atom stereocenters. The fourth-order valence-corrected chi connectivity index (χ4v) is 1.98. The van der Waals surface area contributed by atoms with Crippen molar-refractivity contribution in [1.82, 2.24) is 4.98 Å². The van der Waals surface area contributed by atoms with Gasteiger partial charge in [-0.15, -0.1) is 0 Å². The van der Waals surface area contributed by atoms with Crippen LogP contribution in [0.25, 0.3) is 0 Å². The summed E-state index contributed by atoms with van der Waals surface area (Å²) < 4.78 is 5.13. The molecule has 0 saturated carbocycles. The molecule has 1 aromatic heterocycles. The molecule has 0 fully saturated rings. The standard InChI is InChI=1S/C15H17N3OS/c1-10-3-8-13(14(16)20)15(18-10)17-9-11-4-6-12(19-2)7-5-11/h3-8H,9H2,1-2H3,(H2,16,20)(H,17,18). The number of thiocarbonyl (C=S) groups is 1. The molecule has 0 aliphatic heterocycles. The third kappa shape index (κ3) is 3.45. The van der Waals surface area contributed by atoms with Crippen molar-refractivity contribution in [3.63, 3.8) is 0 Å². The van der Waals surface area contributed by atoms with Gasteiger partial charge in [-0.3, -0.25) is 0 Å². The Kier molecular flexibility index (Phi) is 4.53. The molecule has 2 aromatic rings. The van der Waals surface area contributed by atoms with Crippen LogP contribution in [0.1, 0.15) is 16.8 Å². The van der Waals surface area contributed by atoms with Crippen LogP contribution in [0.4, 0.5) is 5.82 Å². The average molecular weight is 287 g/mol. The molecule has 0 aliphatic carbocycles. The summed E-state index contributed by atoms with van der Waals surface area (Å²) in [4.78, 5) is 4.78. The Balaban J connectivity index is 2.13. The van der Waals surface area contributed by atoms with E-state index in [0.717, 1.165) is 22.6 Å². The molecule has 2 rings (SSSR count). The molecule has 1 aromatic carbocycles. The number of ether oxygens (including phenoxy) is 1. The Morgan fingerprint density at radius 3 is 2.55 bits per heavy atom. The van der Waals surface area contributed by atoms with Crippen LogP contribution in [0, 0.1) is 6.92 Å². The van der Waals surface area contributed by atoms with Gasteiger partial charge in [-0.25, -0.2) is 4.98 Å². The smallest absolute Gasteiger partial charge is 0.136 e. The summed E-state index contributed by atoms with van der Waals surface area (Å²) in [5.74, 6) is 1.56. The molecule has 4 nitrogen and oxygen atoms in total. The average Bonchev–Trinajstić information content (AvgIpc) is 2.45. The highest BCUT2D eigenvalue weighted by atomic mass is 32.1. The zero-order chi connectivity index (χ0) is 14.5. The third-order valence-corrected chi connectivity index (χ3v) is 3.14.